The minimum atomic E-state index is -0.107. The number of carbonyl (C=O) groups excluding carboxylic acids is 1. The van der Waals surface area contributed by atoms with Gasteiger partial charge in [0.1, 0.15) is 19.0 Å². The summed E-state index contributed by atoms with van der Waals surface area (Å²) in [4.78, 5) is 12.1. The van der Waals surface area contributed by atoms with Crippen LogP contribution >= 0.6 is 0 Å². The van der Waals surface area contributed by atoms with E-state index in [1.54, 1.807) is 0 Å². The minimum Gasteiger partial charge on any atom is -0.491 e. The van der Waals surface area contributed by atoms with E-state index in [0.29, 0.717) is 19.8 Å². The van der Waals surface area contributed by atoms with Crippen LogP contribution in [0.25, 0.3) is 0 Å². The lowest BCUT2D eigenvalue weighted by Crippen LogP contribution is -2.30. The van der Waals surface area contributed by atoms with Gasteiger partial charge in [-0.2, -0.15) is 0 Å². The van der Waals surface area contributed by atoms with E-state index < -0.39 is 0 Å². The molecule has 0 atom stereocenters. The molecule has 1 N–H and O–H groups in total. The number of amides is 1. The molecule has 0 aliphatic rings. The van der Waals surface area contributed by atoms with Crippen LogP contribution in [-0.4, -0.2) is 32.3 Å². The lowest BCUT2D eigenvalue weighted by Gasteiger charge is -2.18. The highest BCUT2D eigenvalue weighted by Gasteiger charge is 2.14. The number of ether oxygens (including phenoxy) is 2. The molecule has 0 fully saturated rings. The summed E-state index contributed by atoms with van der Waals surface area (Å²) in [6.45, 7) is 1.43. The van der Waals surface area contributed by atoms with Crippen molar-refractivity contribution in [3.8, 4) is 5.75 Å². The van der Waals surface area contributed by atoms with E-state index in [1.807, 2.05) is 42.5 Å². The zero-order chi connectivity index (χ0) is 20.2. The Kier molecular flexibility index (Phi) is 8.30. The molecule has 3 aromatic carbocycles. The summed E-state index contributed by atoms with van der Waals surface area (Å²) in [5.41, 5.74) is 2.50. The molecule has 0 spiro atoms. The fourth-order valence-electron chi connectivity index (χ4n) is 3.20. The molecule has 4 heteroatoms. The quantitative estimate of drug-likeness (QED) is 0.494. The number of hydrogen-bond donors (Lipinski definition) is 1. The molecule has 3 aromatic rings. The predicted octanol–water partition coefficient (Wildman–Crippen LogP) is 4.42. The Morgan fingerprint density at radius 2 is 1.31 bits per heavy atom. The Labute approximate surface area is 172 Å². The lowest BCUT2D eigenvalue weighted by molar-refractivity contribution is -0.125. The molecule has 0 saturated heterocycles. The number of para-hydroxylation sites is 1. The van der Waals surface area contributed by atoms with Gasteiger partial charge in [0.05, 0.1) is 6.61 Å². The van der Waals surface area contributed by atoms with Crippen molar-refractivity contribution in [2.75, 3.05) is 26.4 Å². The van der Waals surface area contributed by atoms with Gasteiger partial charge in [-0.25, -0.2) is 0 Å². The first-order valence-electron chi connectivity index (χ1n) is 9.95. The summed E-state index contributed by atoms with van der Waals surface area (Å²) >= 11 is 0. The smallest absolute Gasteiger partial charge is 0.246 e. The number of benzene rings is 3. The van der Waals surface area contributed by atoms with Crippen molar-refractivity contribution in [1.29, 1.82) is 0 Å². The number of rotatable bonds is 11. The second kappa shape index (κ2) is 11.7. The van der Waals surface area contributed by atoms with Crippen molar-refractivity contribution in [2.45, 2.75) is 12.3 Å². The number of hydrogen-bond acceptors (Lipinski definition) is 3. The van der Waals surface area contributed by atoms with E-state index in [4.69, 9.17) is 9.47 Å². The van der Waals surface area contributed by atoms with Gasteiger partial charge in [-0.3, -0.25) is 4.79 Å². The first kappa shape index (κ1) is 20.6. The summed E-state index contributed by atoms with van der Waals surface area (Å²) in [5.74, 6) is 0.941. The SMILES string of the molecule is O=C(COCCOc1ccccc1)NCCC(c1ccccc1)c1ccccc1. The van der Waals surface area contributed by atoms with Crippen LogP contribution in [0, 0.1) is 0 Å². The van der Waals surface area contributed by atoms with E-state index in [9.17, 15) is 4.79 Å². The van der Waals surface area contributed by atoms with Gasteiger partial charge in [0.15, 0.2) is 0 Å². The van der Waals surface area contributed by atoms with Gasteiger partial charge in [-0.05, 0) is 29.7 Å². The third kappa shape index (κ3) is 7.09. The molecule has 0 aliphatic carbocycles. The van der Waals surface area contributed by atoms with Crippen molar-refractivity contribution in [3.63, 3.8) is 0 Å². The van der Waals surface area contributed by atoms with Crippen LogP contribution in [0.2, 0.25) is 0 Å². The maximum atomic E-state index is 12.1. The van der Waals surface area contributed by atoms with Gasteiger partial charge < -0.3 is 14.8 Å². The van der Waals surface area contributed by atoms with Crippen LogP contribution in [0.15, 0.2) is 91.0 Å². The van der Waals surface area contributed by atoms with Crippen molar-refractivity contribution < 1.29 is 14.3 Å². The number of nitrogens with one attached hydrogen (secondary N) is 1. The van der Waals surface area contributed by atoms with E-state index in [0.717, 1.165) is 12.2 Å². The molecule has 0 aliphatic heterocycles. The normalized spacial score (nSPS) is 10.7. The molecule has 150 valence electrons. The van der Waals surface area contributed by atoms with Crippen LogP contribution in [0.5, 0.6) is 5.75 Å². The highest BCUT2D eigenvalue weighted by molar-refractivity contribution is 5.77. The van der Waals surface area contributed by atoms with Crippen LogP contribution in [0.3, 0.4) is 0 Å². The van der Waals surface area contributed by atoms with E-state index in [1.165, 1.54) is 11.1 Å². The second-order valence-electron chi connectivity index (χ2n) is 6.73. The minimum absolute atomic E-state index is 0.0412. The molecule has 0 bridgehead atoms. The molecule has 4 nitrogen and oxygen atoms in total. The zero-order valence-electron chi connectivity index (χ0n) is 16.5. The second-order valence-corrected chi connectivity index (χ2v) is 6.73. The van der Waals surface area contributed by atoms with Crippen molar-refractivity contribution in [1.82, 2.24) is 5.32 Å². The van der Waals surface area contributed by atoms with Crippen molar-refractivity contribution >= 4 is 5.91 Å². The fourth-order valence-corrected chi connectivity index (χ4v) is 3.20. The fraction of sp³-hybridized carbons (Fsp3) is 0.240. The average Bonchev–Trinajstić information content (AvgIpc) is 2.78. The molecular weight excluding hydrogens is 362 g/mol. The Bertz CT molecular complexity index is 798. The Balaban J connectivity index is 1.38. The first-order chi connectivity index (χ1) is 14.3. The molecular formula is C25H27NO3. The third-order valence-electron chi connectivity index (χ3n) is 4.63. The molecule has 0 radical (unpaired) electrons. The maximum absolute atomic E-state index is 12.1. The van der Waals surface area contributed by atoms with Crippen LogP contribution < -0.4 is 10.1 Å². The summed E-state index contributed by atoms with van der Waals surface area (Å²) < 4.78 is 10.9. The molecule has 0 aromatic heterocycles. The zero-order valence-corrected chi connectivity index (χ0v) is 16.5. The highest BCUT2D eigenvalue weighted by Crippen LogP contribution is 2.27. The van der Waals surface area contributed by atoms with Crippen molar-refractivity contribution in [3.05, 3.63) is 102 Å². The van der Waals surface area contributed by atoms with Crippen molar-refractivity contribution in [2.24, 2.45) is 0 Å². The topological polar surface area (TPSA) is 47.6 Å². The molecule has 0 heterocycles. The van der Waals surface area contributed by atoms with Gasteiger partial charge in [-0.15, -0.1) is 0 Å². The van der Waals surface area contributed by atoms with Gasteiger partial charge >= 0.3 is 0 Å². The van der Waals surface area contributed by atoms with Gasteiger partial charge in [-0.1, -0.05) is 78.9 Å². The first-order valence-corrected chi connectivity index (χ1v) is 9.95. The molecule has 1 amide bonds. The van der Waals surface area contributed by atoms with E-state index in [-0.39, 0.29) is 18.4 Å². The highest BCUT2D eigenvalue weighted by atomic mass is 16.5. The summed E-state index contributed by atoms with van der Waals surface area (Å²) in [6.07, 6.45) is 0.830. The van der Waals surface area contributed by atoms with Gasteiger partial charge in [0.25, 0.3) is 0 Å². The largest absolute Gasteiger partial charge is 0.491 e. The maximum Gasteiger partial charge on any atom is 0.246 e. The summed E-state index contributed by atoms with van der Waals surface area (Å²) in [5, 5.41) is 2.96. The molecule has 0 unspecified atom stereocenters. The standard InChI is InChI=1S/C25H27NO3/c27-25(20-28-18-19-29-23-14-8-3-9-15-23)26-17-16-24(21-10-4-1-5-11-21)22-12-6-2-7-13-22/h1-15,24H,16-20H2,(H,26,27). The lowest BCUT2D eigenvalue weighted by atomic mass is 9.88. The van der Waals surface area contributed by atoms with Crippen LogP contribution in [0.1, 0.15) is 23.5 Å². The Morgan fingerprint density at radius 3 is 1.90 bits per heavy atom. The monoisotopic (exact) mass is 389 g/mol. The predicted molar refractivity (Wildman–Crippen MR) is 115 cm³/mol. The van der Waals surface area contributed by atoms with Gasteiger partial charge in [0.2, 0.25) is 5.91 Å². The molecule has 29 heavy (non-hydrogen) atoms. The van der Waals surface area contributed by atoms with E-state index >= 15 is 0 Å². The Hall–Kier alpha value is -3.11. The Morgan fingerprint density at radius 1 is 0.759 bits per heavy atom. The van der Waals surface area contributed by atoms with Gasteiger partial charge in [0, 0.05) is 12.5 Å². The third-order valence-corrected chi connectivity index (χ3v) is 4.63. The van der Waals surface area contributed by atoms with Crippen LogP contribution in [0.4, 0.5) is 0 Å². The summed E-state index contributed by atoms with van der Waals surface area (Å²) in [7, 11) is 0. The number of carbonyl (C=O) groups is 1. The summed E-state index contributed by atoms with van der Waals surface area (Å²) in [6, 6.07) is 30.3. The molecule has 3 rings (SSSR count). The molecule has 0 saturated carbocycles. The van der Waals surface area contributed by atoms with E-state index in [2.05, 4.69) is 53.8 Å². The average molecular weight is 389 g/mol. The van der Waals surface area contributed by atoms with Crippen LogP contribution in [-0.2, 0) is 9.53 Å².